The number of nitrogens with one attached hydrogen (secondary N) is 2. The summed E-state index contributed by atoms with van der Waals surface area (Å²) in [5, 5.41) is 29.8. The molecule has 5 heterocycles. The first-order valence-corrected chi connectivity index (χ1v) is 16.5. The molecule has 1 saturated heterocycles. The molecular formula is C33H36N10O5S. The van der Waals surface area contributed by atoms with Crippen molar-refractivity contribution in [3.8, 4) is 5.75 Å². The summed E-state index contributed by atoms with van der Waals surface area (Å²) in [5.41, 5.74) is 2.11. The molecule has 0 radical (unpaired) electrons. The molecule has 1 aromatic carbocycles. The van der Waals surface area contributed by atoms with Crippen molar-refractivity contribution < 1.29 is 19.4 Å². The first kappa shape index (κ1) is 33.3. The van der Waals surface area contributed by atoms with Crippen molar-refractivity contribution in [2.24, 2.45) is 0 Å². The fraction of sp³-hybridized carbons (Fsp3) is 0.333. The lowest BCUT2D eigenvalue weighted by molar-refractivity contribution is 0.102. The highest BCUT2D eigenvalue weighted by molar-refractivity contribution is 7.14. The molecule has 6 rings (SSSR count). The van der Waals surface area contributed by atoms with Crippen molar-refractivity contribution in [1.82, 2.24) is 39.9 Å². The van der Waals surface area contributed by atoms with Crippen molar-refractivity contribution in [2.75, 3.05) is 30.4 Å². The molecule has 0 bridgehead atoms. The number of methoxy groups -OCH3 is 1. The molecular weight excluding hydrogens is 648 g/mol. The number of hydrogen-bond acceptors (Lipinski definition) is 11. The van der Waals surface area contributed by atoms with E-state index >= 15 is 0 Å². The van der Waals surface area contributed by atoms with Gasteiger partial charge < -0.3 is 20.1 Å². The standard InChI is InChI=1S/C33H36N10O5S/c1-33(2,3)25-19-49-31(35-25)37-29(44)21-13-15-42-27(16-21)36-28(41-14-5-6-22(18-41)34-32(46)47)24(30(42)45)11-12-26-38-40-43(39-26)17-20-7-9-23(48-4)10-8-20/h7-13,15-16,19,22,34H,5-6,14,17-18H2,1-4H3,(H,46,47)(H,35,37,44)/t22-/m1/s1. The lowest BCUT2D eigenvalue weighted by Gasteiger charge is -2.34. The van der Waals surface area contributed by atoms with Gasteiger partial charge in [0, 0.05) is 41.7 Å². The molecule has 254 valence electrons. The maximum absolute atomic E-state index is 14.0. The van der Waals surface area contributed by atoms with Gasteiger partial charge in [-0.1, -0.05) is 32.9 Å². The minimum absolute atomic E-state index is 0.159. The molecule has 0 unspecified atom stereocenters. The fourth-order valence-electron chi connectivity index (χ4n) is 5.42. The van der Waals surface area contributed by atoms with E-state index in [1.54, 1.807) is 31.4 Å². The Morgan fingerprint density at radius 2 is 1.94 bits per heavy atom. The lowest BCUT2D eigenvalue weighted by Crippen LogP contribution is -2.48. The minimum atomic E-state index is -1.12. The van der Waals surface area contributed by atoms with Crippen LogP contribution in [0, 0.1) is 0 Å². The number of ether oxygens (including phenoxy) is 1. The number of amides is 2. The van der Waals surface area contributed by atoms with Gasteiger partial charge in [-0.25, -0.2) is 14.8 Å². The van der Waals surface area contributed by atoms with Gasteiger partial charge in [-0.3, -0.25) is 19.3 Å². The first-order valence-electron chi connectivity index (χ1n) is 15.6. The number of hydrogen-bond donors (Lipinski definition) is 3. The molecule has 4 aromatic heterocycles. The average molecular weight is 685 g/mol. The number of aromatic nitrogens is 7. The second-order valence-corrected chi connectivity index (χ2v) is 13.5. The number of rotatable bonds is 9. The Kier molecular flexibility index (Phi) is 9.40. The highest BCUT2D eigenvalue weighted by Crippen LogP contribution is 2.27. The number of nitrogens with zero attached hydrogens (tertiary/aromatic N) is 8. The molecule has 1 atom stereocenters. The molecule has 0 spiro atoms. The number of benzene rings is 1. The molecule has 2 amide bonds. The molecule has 3 N–H and O–H groups in total. The van der Waals surface area contributed by atoms with E-state index in [4.69, 9.17) is 9.72 Å². The molecule has 16 heteroatoms. The van der Waals surface area contributed by atoms with Gasteiger partial charge in [0.1, 0.15) is 17.2 Å². The number of tetrazole rings is 1. The summed E-state index contributed by atoms with van der Waals surface area (Å²) in [6.45, 7) is 7.40. The van der Waals surface area contributed by atoms with E-state index in [-0.39, 0.29) is 40.0 Å². The number of piperidine rings is 1. The van der Waals surface area contributed by atoms with Crippen LogP contribution in [-0.2, 0) is 12.0 Å². The van der Waals surface area contributed by atoms with Crippen LogP contribution in [0.25, 0.3) is 17.8 Å². The summed E-state index contributed by atoms with van der Waals surface area (Å²) < 4.78 is 6.58. The van der Waals surface area contributed by atoms with Crippen LogP contribution in [0.4, 0.5) is 15.7 Å². The third kappa shape index (κ3) is 7.75. The number of anilines is 2. The van der Waals surface area contributed by atoms with Crippen LogP contribution in [0.3, 0.4) is 0 Å². The summed E-state index contributed by atoms with van der Waals surface area (Å²) >= 11 is 1.34. The maximum Gasteiger partial charge on any atom is 0.404 e. The Bertz CT molecular complexity index is 2080. The zero-order valence-electron chi connectivity index (χ0n) is 27.5. The predicted octanol–water partition coefficient (Wildman–Crippen LogP) is 4.15. The molecule has 0 aliphatic carbocycles. The number of carbonyl (C=O) groups is 2. The second-order valence-electron chi connectivity index (χ2n) is 12.6. The molecule has 15 nitrogen and oxygen atoms in total. The summed E-state index contributed by atoms with van der Waals surface area (Å²) in [6, 6.07) is 10.3. The van der Waals surface area contributed by atoms with Crippen LogP contribution in [0.2, 0.25) is 0 Å². The monoisotopic (exact) mass is 684 g/mol. The number of carbonyl (C=O) groups excluding carboxylic acids is 1. The Balaban J connectivity index is 1.31. The van der Waals surface area contributed by atoms with Gasteiger partial charge in [-0.05, 0) is 60.0 Å². The summed E-state index contributed by atoms with van der Waals surface area (Å²) in [5.74, 6) is 1.01. The highest BCUT2D eigenvalue weighted by atomic mass is 32.1. The zero-order chi connectivity index (χ0) is 34.7. The summed E-state index contributed by atoms with van der Waals surface area (Å²) in [7, 11) is 1.61. The van der Waals surface area contributed by atoms with Crippen LogP contribution in [0.15, 0.2) is 52.8 Å². The Labute approximate surface area is 285 Å². The molecule has 5 aromatic rings. The first-order chi connectivity index (χ1) is 23.5. The lowest BCUT2D eigenvalue weighted by atomic mass is 9.93. The van der Waals surface area contributed by atoms with Gasteiger partial charge in [0.25, 0.3) is 11.5 Å². The number of fused-ring (bicyclic) bond motifs is 1. The van der Waals surface area contributed by atoms with E-state index in [9.17, 15) is 19.5 Å². The molecule has 1 aliphatic heterocycles. The van der Waals surface area contributed by atoms with Gasteiger partial charge in [0.2, 0.25) is 0 Å². The molecule has 0 saturated carbocycles. The topological polar surface area (TPSA) is 182 Å². The fourth-order valence-corrected chi connectivity index (χ4v) is 6.35. The van der Waals surface area contributed by atoms with E-state index < -0.39 is 6.09 Å². The second kappa shape index (κ2) is 13.8. The van der Waals surface area contributed by atoms with Crippen molar-refractivity contribution in [3.63, 3.8) is 0 Å². The van der Waals surface area contributed by atoms with Crippen LogP contribution < -0.4 is 25.8 Å². The van der Waals surface area contributed by atoms with Gasteiger partial charge in [-0.2, -0.15) is 4.80 Å². The third-order valence-electron chi connectivity index (χ3n) is 8.00. The van der Waals surface area contributed by atoms with Crippen molar-refractivity contribution in [3.05, 3.63) is 86.5 Å². The number of pyridine rings is 1. The smallest absolute Gasteiger partial charge is 0.404 e. The Morgan fingerprint density at radius 3 is 2.65 bits per heavy atom. The quantitative estimate of drug-likeness (QED) is 0.203. The van der Waals surface area contributed by atoms with Gasteiger partial charge in [-0.15, -0.1) is 21.5 Å². The van der Waals surface area contributed by atoms with E-state index in [0.29, 0.717) is 49.0 Å². The van der Waals surface area contributed by atoms with E-state index in [1.807, 2.05) is 55.3 Å². The van der Waals surface area contributed by atoms with Gasteiger partial charge in [0.05, 0.1) is 24.9 Å². The third-order valence-corrected chi connectivity index (χ3v) is 8.76. The van der Waals surface area contributed by atoms with Crippen LogP contribution in [0.5, 0.6) is 5.75 Å². The van der Waals surface area contributed by atoms with E-state index in [2.05, 4.69) is 31.0 Å². The van der Waals surface area contributed by atoms with E-state index in [0.717, 1.165) is 17.0 Å². The largest absolute Gasteiger partial charge is 0.497 e. The van der Waals surface area contributed by atoms with Crippen LogP contribution >= 0.6 is 11.3 Å². The highest BCUT2D eigenvalue weighted by Gasteiger charge is 2.26. The van der Waals surface area contributed by atoms with Crippen molar-refractivity contribution in [1.29, 1.82) is 0 Å². The molecule has 1 fully saturated rings. The normalized spacial score (nSPS) is 15.1. The van der Waals surface area contributed by atoms with Crippen molar-refractivity contribution in [2.45, 2.75) is 51.6 Å². The minimum Gasteiger partial charge on any atom is -0.497 e. The summed E-state index contributed by atoms with van der Waals surface area (Å²) in [4.78, 5) is 51.4. The zero-order valence-corrected chi connectivity index (χ0v) is 28.3. The Morgan fingerprint density at radius 1 is 1.14 bits per heavy atom. The maximum atomic E-state index is 14.0. The van der Waals surface area contributed by atoms with Crippen molar-refractivity contribution >= 4 is 52.1 Å². The van der Waals surface area contributed by atoms with Gasteiger partial charge >= 0.3 is 6.09 Å². The number of carboxylic acid groups (broad SMARTS) is 1. The SMILES string of the molecule is COc1ccc(Cn2nnc(C=Cc3c(N4CCC[C@@H](NC(=O)O)C4)nc4cc(C(=O)Nc5nc(C(C)(C)C)cs5)ccn4c3=O)n2)cc1. The average Bonchev–Trinajstić information content (AvgIpc) is 3.74. The molecule has 49 heavy (non-hydrogen) atoms. The number of thiazole rings is 1. The Hall–Kier alpha value is -5.64. The van der Waals surface area contributed by atoms with E-state index in [1.165, 1.54) is 26.7 Å². The predicted molar refractivity (Wildman–Crippen MR) is 185 cm³/mol. The summed E-state index contributed by atoms with van der Waals surface area (Å²) in [6.07, 6.45) is 4.91. The van der Waals surface area contributed by atoms with Crippen LogP contribution in [-0.4, -0.2) is 77.9 Å². The molecule has 1 aliphatic rings. The van der Waals surface area contributed by atoms with Gasteiger partial charge in [0.15, 0.2) is 11.0 Å². The van der Waals surface area contributed by atoms with Crippen LogP contribution in [0.1, 0.15) is 66.6 Å².